The number of benzene rings is 2. The van der Waals surface area contributed by atoms with Crippen molar-refractivity contribution in [3.8, 4) is 0 Å². The highest BCUT2D eigenvalue weighted by Crippen LogP contribution is 2.30. The summed E-state index contributed by atoms with van der Waals surface area (Å²) in [5, 5.41) is 14.1. The van der Waals surface area contributed by atoms with Crippen LogP contribution in [-0.4, -0.2) is 17.4 Å². The Bertz CT molecular complexity index is 890. The van der Waals surface area contributed by atoms with Gasteiger partial charge in [-0.2, -0.15) is 0 Å². The third-order valence-electron chi connectivity index (χ3n) is 4.24. The van der Waals surface area contributed by atoms with Gasteiger partial charge in [0.25, 0.3) is 5.69 Å². The first-order valence-corrected chi connectivity index (χ1v) is 7.75. The number of non-ortho nitro benzene ring substituents is 1. The molecule has 0 aliphatic carbocycles. The number of hydrogen-bond donors (Lipinski definition) is 0. The van der Waals surface area contributed by atoms with Gasteiger partial charge in [0, 0.05) is 42.2 Å². The number of carbonyl (C=O) groups is 1. The molecular weight excluding hydrogens is 322 g/mol. The van der Waals surface area contributed by atoms with Crippen LogP contribution < -0.4 is 4.90 Å². The predicted octanol–water partition coefficient (Wildman–Crippen LogP) is 3.54. The number of carbonyl (C=O) groups excluding carboxylic acids is 1. The van der Waals surface area contributed by atoms with E-state index in [-0.39, 0.29) is 12.1 Å². The van der Waals surface area contributed by atoms with Crippen molar-refractivity contribution >= 4 is 17.3 Å². The Morgan fingerprint density at radius 1 is 1.28 bits per heavy atom. The van der Waals surface area contributed by atoms with E-state index in [2.05, 4.69) is 27.1 Å². The summed E-state index contributed by atoms with van der Waals surface area (Å²) in [5.41, 5.74) is 12.0. The molecule has 0 saturated carbocycles. The molecule has 8 heteroatoms. The maximum atomic E-state index is 11.7. The van der Waals surface area contributed by atoms with E-state index in [9.17, 15) is 14.9 Å². The first-order chi connectivity index (χ1) is 12.1. The SMILES string of the molecule is [N-]=[N+]=NC(=O)Cc1cc([N+](=O)[O-])ccc1N1CCc2ccccc2C1. The molecule has 1 aliphatic heterocycles. The second-order valence-electron chi connectivity index (χ2n) is 5.77. The van der Waals surface area contributed by atoms with Crippen LogP contribution in [0.4, 0.5) is 11.4 Å². The number of rotatable bonds is 4. The lowest BCUT2D eigenvalue weighted by Gasteiger charge is -2.32. The third-order valence-corrected chi connectivity index (χ3v) is 4.24. The number of hydrogen-bond acceptors (Lipinski definition) is 4. The van der Waals surface area contributed by atoms with Gasteiger partial charge in [-0.05, 0) is 39.8 Å². The molecule has 1 amide bonds. The molecule has 3 rings (SSSR count). The largest absolute Gasteiger partial charge is 0.367 e. The molecular formula is C17H15N5O3. The van der Waals surface area contributed by atoms with E-state index in [4.69, 9.17) is 5.53 Å². The van der Waals surface area contributed by atoms with Crippen LogP contribution in [0.15, 0.2) is 47.6 Å². The predicted molar refractivity (Wildman–Crippen MR) is 92.1 cm³/mol. The molecule has 2 aromatic rings. The van der Waals surface area contributed by atoms with Crippen LogP contribution in [0.1, 0.15) is 16.7 Å². The van der Waals surface area contributed by atoms with Gasteiger partial charge in [-0.3, -0.25) is 14.9 Å². The van der Waals surface area contributed by atoms with Crippen LogP contribution in [-0.2, 0) is 24.2 Å². The monoisotopic (exact) mass is 337 g/mol. The van der Waals surface area contributed by atoms with Crippen LogP contribution in [0.2, 0.25) is 0 Å². The zero-order chi connectivity index (χ0) is 17.8. The maximum absolute atomic E-state index is 11.7. The second-order valence-corrected chi connectivity index (χ2v) is 5.77. The summed E-state index contributed by atoms with van der Waals surface area (Å²) in [6.07, 6.45) is 0.691. The van der Waals surface area contributed by atoms with E-state index in [1.54, 1.807) is 6.07 Å². The Kier molecular flexibility index (Phi) is 4.63. The molecule has 0 saturated heterocycles. The van der Waals surface area contributed by atoms with Crippen LogP contribution >= 0.6 is 0 Å². The molecule has 0 bridgehead atoms. The minimum atomic E-state index is -0.665. The van der Waals surface area contributed by atoms with Crippen LogP contribution in [0.3, 0.4) is 0 Å². The van der Waals surface area contributed by atoms with Crippen LogP contribution in [0, 0.1) is 10.1 Å². The van der Waals surface area contributed by atoms with Crippen molar-refractivity contribution < 1.29 is 9.72 Å². The standard InChI is InChI=1S/C17H15N5O3/c18-20-19-17(23)10-14-9-15(22(24)25)5-6-16(14)21-8-7-12-3-1-2-4-13(12)11-21/h1-6,9H,7-8,10-11H2. The first-order valence-electron chi connectivity index (χ1n) is 7.75. The Balaban J connectivity index is 1.96. The third kappa shape index (κ3) is 3.59. The number of amides is 1. The molecule has 0 atom stereocenters. The van der Waals surface area contributed by atoms with Gasteiger partial charge in [-0.15, -0.1) is 0 Å². The molecule has 25 heavy (non-hydrogen) atoms. The van der Waals surface area contributed by atoms with Crippen molar-refractivity contribution in [3.63, 3.8) is 0 Å². The molecule has 0 fully saturated rings. The summed E-state index contributed by atoms with van der Waals surface area (Å²) in [6.45, 7) is 1.41. The average Bonchev–Trinajstić information content (AvgIpc) is 2.61. The zero-order valence-corrected chi connectivity index (χ0v) is 13.3. The maximum Gasteiger partial charge on any atom is 0.269 e. The minimum Gasteiger partial charge on any atom is -0.367 e. The Morgan fingerprint density at radius 2 is 2.04 bits per heavy atom. The fraction of sp³-hybridized carbons (Fsp3) is 0.235. The summed E-state index contributed by atoms with van der Waals surface area (Å²) in [6, 6.07) is 12.6. The van der Waals surface area contributed by atoms with E-state index in [1.165, 1.54) is 23.3 Å². The van der Waals surface area contributed by atoms with Gasteiger partial charge in [0.05, 0.1) is 4.92 Å². The highest BCUT2D eigenvalue weighted by atomic mass is 16.6. The van der Waals surface area contributed by atoms with Crippen molar-refractivity contribution in [2.24, 2.45) is 5.11 Å². The lowest BCUT2D eigenvalue weighted by atomic mass is 9.98. The Labute approximate surface area is 143 Å². The van der Waals surface area contributed by atoms with Gasteiger partial charge in [0.1, 0.15) is 0 Å². The van der Waals surface area contributed by atoms with Gasteiger partial charge in [-0.25, -0.2) is 0 Å². The van der Waals surface area contributed by atoms with Gasteiger partial charge in [0.2, 0.25) is 5.91 Å². The fourth-order valence-corrected chi connectivity index (χ4v) is 3.09. The van der Waals surface area contributed by atoms with Gasteiger partial charge in [-0.1, -0.05) is 24.3 Å². The molecule has 0 aromatic heterocycles. The molecule has 0 unspecified atom stereocenters. The van der Waals surface area contributed by atoms with Crippen molar-refractivity contribution in [3.05, 3.63) is 79.7 Å². The van der Waals surface area contributed by atoms with Crippen LogP contribution in [0.25, 0.3) is 10.4 Å². The summed E-state index contributed by atoms with van der Waals surface area (Å²) in [5.74, 6) is -0.665. The fourth-order valence-electron chi connectivity index (χ4n) is 3.09. The van der Waals surface area contributed by atoms with Gasteiger partial charge < -0.3 is 4.90 Å². The van der Waals surface area contributed by atoms with Crippen molar-refractivity contribution in [2.45, 2.75) is 19.4 Å². The molecule has 0 spiro atoms. The van der Waals surface area contributed by atoms with Crippen molar-refractivity contribution in [1.29, 1.82) is 0 Å². The number of nitro groups is 1. The van der Waals surface area contributed by atoms with E-state index in [0.29, 0.717) is 12.1 Å². The summed E-state index contributed by atoms with van der Waals surface area (Å²) < 4.78 is 0. The van der Waals surface area contributed by atoms with Gasteiger partial charge >= 0.3 is 0 Å². The van der Waals surface area contributed by atoms with Crippen LogP contribution in [0.5, 0.6) is 0 Å². The molecule has 1 aliphatic rings. The second kappa shape index (κ2) is 7.02. The number of anilines is 1. The Hall–Kier alpha value is -3.38. The van der Waals surface area contributed by atoms with E-state index in [1.807, 2.05) is 12.1 Å². The number of azide groups is 1. The summed E-state index contributed by atoms with van der Waals surface area (Å²) >= 11 is 0. The number of nitrogens with zero attached hydrogens (tertiary/aromatic N) is 5. The molecule has 0 radical (unpaired) electrons. The summed E-state index contributed by atoms with van der Waals surface area (Å²) in [4.78, 5) is 26.8. The van der Waals surface area contributed by atoms with Crippen molar-refractivity contribution in [1.82, 2.24) is 0 Å². The molecule has 126 valence electrons. The quantitative estimate of drug-likeness (QED) is 0.279. The highest BCUT2D eigenvalue weighted by Gasteiger charge is 2.21. The first kappa shape index (κ1) is 16.5. The van der Waals surface area contributed by atoms with E-state index >= 15 is 0 Å². The van der Waals surface area contributed by atoms with Gasteiger partial charge in [0.15, 0.2) is 0 Å². The molecule has 2 aromatic carbocycles. The van der Waals surface area contributed by atoms with Crippen molar-refractivity contribution in [2.75, 3.05) is 11.4 Å². The Morgan fingerprint density at radius 3 is 2.76 bits per heavy atom. The minimum absolute atomic E-state index is 0.0927. The summed E-state index contributed by atoms with van der Waals surface area (Å²) in [7, 11) is 0. The molecule has 1 heterocycles. The van der Waals surface area contributed by atoms with E-state index in [0.717, 1.165) is 18.7 Å². The molecule has 0 N–H and O–H groups in total. The number of fused-ring (bicyclic) bond motifs is 1. The lowest BCUT2D eigenvalue weighted by molar-refractivity contribution is -0.384. The normalized spacial score (nSPS) is 12.9. The zero-order valence-electron chi connectivity index (χ0n) is 13.3. The smallest absolute Gasteiger partial charge is 0.269 e. The highest BCUT2D eigenvalue weighted by molar-refractivity contribution is 5.81. The molecule has 8 nitrogen and oxygen atoms in total. The average molecular weight is 337 g/mol. The number of nitro benzene ring substituents is 1. The topological polar surface area (TPSA) is 112 Å². The van der Waals surface area contributed by atoms with E-state index < -0.39 is 10.8 Å². The lowest BCUT2D eigenvalue weighted by Crippen LogP contribution is -2.31.